The number of nitrogens with zero attached hydrogens (tertiary/aromatic N) is 2. The lowest BCUT2D eigenvalue weighted by atomic mass is 9.77. The summed E-state index contributed by atoms with van der Waals surface area (Å²) < 4.78 is 30.8. The van der Waals surface area contributed by atoms with E-state index in [1.807, 2.05) is 6.08 Å². The summed E-state index contributed by atoms with van der Waals surface area (Å²) in [5.41, 5.74) is 6.79. The fourth-order valence-corrected chi connectivity index (χ4v) is 15.4. The van der Waals surface area contributed by atoms with Gasteiger partial charge in [-0.1, -0.05) is 67.2 Å². The van der Waals surface area contributed by atoms with Crippen LogP contribution >= 0.6 is 43.2 Å². The molecule has 6 aliphatic heterocycles. The van der Waals surface area contributed by atoms with E-state index in [2.05, 4.69) is 27.5 Å². The molecule has 1 aliphatic carbocycles. The first-order chi connectivity index (χ1) is 32.8. The van der Waals surface area contributed by atoms with Gasteiger partial charge in [-0.05, 0) is 43.9 Å². The SMILES string of the molecule is CNC(CO)OC1C(OC2OC=C3C(=O)OC4CCC(CO)C4CSSC4C5C#CC(=CC6=C(NC(N)=NCCCO)C(C(=O)O)=CN(C6)C4CO)C3C2C=CCSS5)OC(CO)C(O)C1(O)O. The summed E-state index contributed by atoms with van der Waals surface area (Å²) in [7, 11) is 7.39. The van der Waals surface area contributed by atoms with Crippen LogP contribution in [0.5, 0.6) is 0 Å². The highest BCUT2D eigenvalue weighted by molar-refractivity contribution is 8.78. The lowest BCUT2D eigenvalue weighted by Crippen LogP contribution is -2.69. The summed E-state index contributed by atoms with van der Waals surface area (Å²) in [6.07, 6.45) is -1.53. The summed E-state index contributed by atoms with van der Waals surface area (Å²) in [5, 5.41) is 100. The number of hydrogen-bond donors (Lipinski definition) is 12. The number of esters is 1. The van der Waals surface area contributed by atoms with Crippen LogP contribution in [0.25, 0.3) is 0 Å². The number of aliphatic hydroxyl groups excluding tert-OH is 6. The quantitative estimate of drug-likeness (QED) is 0.0135. The Bertz CT molecular complexity index is 2080. The van der Waals surface area contributed by atoms with Crippen molar-refractivity contribution < 1.29 is 79.2 Å². The van der Waals surface area contributed by atoms with Gasteiger partial charge in [-0.3, -0.25) is 10.3 Å². The maximum absolute atomic E-state index is 14.9. The Hall–Kier alpha value is -3.01. The molecule has 0 amide bonds. The number of aliphatic carboxylic acids is 1. The van der Waals surface area contributed by atoms with Crippen LogP contribution in [-0.2, 0) is 33.3 Å². The number of carboxylic acid groups (broad SMARTS) is 1. The Morgan fingerprint density at radius 1 is 1.12 bits per heavy atom. The summed E-state index contributed by atoms with van der Waals surface area (Å²) in [4.78, 5) is 34.2. The van der Waals surface area contributed by atoms with Gasteiger partial charge in [0.05, 0.1) is 65.4 Å². The number of guanidine groups is 1. The molecule has 1 saturated heterocycles. The molecule has 25 heteroatoms. The molecule has 68 heavy (non-hydrogen) atoms. The second-order valence-electron chi connectivity index (χ2n) is 16.9. The topological polar surface area (TPSA) is 328 Å². The van der Waals surface area contributed by atoms with Gasteiger partial charge in [-0.25, -0.2) is 9.59 Å². The highest BCUT2D eigenvalue weighted by Crippen LogP contribution is 2.48. The van der Waals surface area contributed by atoms with E-state index >= 15 is 0 Å². The summed E-state index contributed by atoms with van der Waals surface area (Å²) in [6, 6.07) is -0.676. The van der Waals surface area contributed by atoms with E-state index in [9.17, 15) is 55.5 Å². The number of likely N-dealkylation sites (N-methyl/N-ethyl adjacent to an activating group) is 1. The van der Waals surface area contributed by atoms with Gasteiger partial charge in [0.15, 0.2) is 18.4 Å². The third kappa shape index (κ3) is 11.5. The number of carboxylic acids is 1. The summed E-state index contributed by atoms with van der Waals surface area (Å²) >= 11 is 0. The zero-order valence-corrected chi connectivity index (χ0v) is 40.2. The van der Waals surface area contributed by atoms with Gasteiger partial charge in [0.1, 0.15) is 24.5 Å². The van der Waals surface area contributed by atoms with Gasteiger partial charge < -0.3 is 85.6 Å². The molecule has 7 aliphatic rings. The standard InChI is InChI=1S/C43H59N5O16S4/c1-45-32(18-53)63-37-41(62-30(17-52)36(54)43(37,58)59)64-40-24-4-2-11-65-67-31-8-6-21-12-23-13-48(14-25(38(55)56)34(23)47-42(44)46-9-3-10-49)28(16-51)35(31)68-66-20-27-22(15-50)5-7-29(27)61-39(57)26(19-60-40)33(21)24/h2,4,12,14,19,22,24,27-33,35-37,40-41,45,49-54,58-59H,3,5,7,9-11,13,15-18,20H2,1H3,(H,55,56)(H3,44,46,47). The molecule has 0 aromatic heterocycles. The summed E-state index contributed by atoms with van der Waals surface area (Å²) in [5.74, 6) is -0.239. The zero-order chi connectivity index (χ0) is 48.7. The fourth-order valence-electron chi connectivity index (χ4n) is 9.14. The normalized spacial score (nSPS) is 35.4. The van der Waals surface area contributed by atoms with Gasteiger partial charge >= 0.3 is 11.9 Å². The molecule has 0 spiro atoms. The number of aliphatic imine (C=N–C) groups is 1. The Labute approximate surface area is 408 Å². The molecule has 14 atom stereocenters. The maximum Gasteiger partial charge on any atom is 0.339 e. The van der Waals surface area contributed by atoms with Crippen molar-refractivity contribution in [1.29, 1.82) is 0 Å². The van der Waals surface area contributed by atoms with E-state index < -0.39 is 103 Å². The van der Waals surface area contributed by atoms with Crippen LogP contribution in [-0.4, -0.2) is 199 Å². The average molecular weight is 1030 g/mol. The maximum atomic E-state index is 14.9. The van der Waals surface area contributed by atoms with Crippen LogP contribution in [0.3, 0.4) is 0 Å². The Morgan fingerprint density at radius 2 is 1.93 bits per heavy atom. The monoisotopic (exact) mass is 1030 g/mol. The first-order valence-electron chi connectivity index (χ1n) is 22.1. The smallest absolute Gasteiger partial charge is 0.339 e. The van der Waals surface area contributed by atoms with Crippen molar-refractivity contribution in [2.45, 2.75) is 84.8 Å². The van der Waals surface area contributed by atoms with E-state index in [1.165, 1.54) is 62.7 Å². The van der Waals surface area contributed by atoms with Crippen molar-refractivity contribution in [3.05, 3.63) is 58.7 Å². The number of rotatable bonds is 14. The number of carbonyl (C=O) groups excluding carboxylic acids is 1. The Morgan fingerprint density at radius 3 is 2.63 bits per heavy atom. The van der Waals surface area contributed by atoms with Crippen molar-refractivity contribution in [3.63, 3.8) is 0 Å². The van der Waals surface area contributed by atoms with E-state index in [4.69, 9.17) is 29.4 Å². The van der Waals surface area contributed by atoms with E-state index in [1.54, 1.807) is 17.1 Å². The third-order valence-corrected chi connectivity index (χ3v) is 18.4. The van der Waals surface area contributed by atoms with E-state index in [0.29, 0.717) is 36.3 Å². The second-order valence-corrected chi connectivity index (χ2v) is 22.1. The second kappa shape index (κ2) is 23.9. The molecule has 0 aromatic carbocycles. The van der Waals surface area contributed by atoms with Crippen LogP contribution in [0.1, 0.15) is 19.3 Å². The Balaban J connectivity index is 1.45. The van der Waals surface area contributed by atoms with Crippen LogP contribution in [0, 0.1) is 35.5 Å². The minimum atomic E-state index is -3.12. The van der Waals surface area contributed by atoms with Crippen molar-refractivity contribution in [2.75, 3.05) is 64.7 Å². The minimum Gasteiger partial charge on any atom is -0.478 e. The molecule has 6 heterocycles. The zero-order valence-electron chi connectivity index (χ0n) is 36.9. The van der Waals surface area contributed by atoms with Crippen LogP contribution in [0.4, 0.5) is 0 Å². The number of aliphatic hydroxyl groups is 8. The first-order valence-corrected chi connectivity index (χ1v) is 26.9. The van der Waals surface area contributed by atoms with Crippen LogP contribution < -0.4 is 16.4 Å². The van der Waals surface area contributed by atoms with Gasteiger partial charge in [0, 0.05) is 61.4 Å². The first kappa shape index (κ1) is 52.8. The Kier molecular flexibility index (Phi) is 18.6. The van der Waals surface area contributed by atoms with Crippen LogP contribution in [0.2, 0.25) is 0 Å². The number of hydrogen-bond acceptors (Lipinski definition) is 22. The molecule has 376 valence electrons. The molecule has 0 radical (unpaired) electrons. The number of nitrogens with one attached hydrogen (secondary N) is 2. The van der Waals surface area contributed by atoms with Gasteiger partial charge in [0.2, 0.25) is 12.1 Å². The van der Waals surface area contributed by atoms with Gasteiger partial charge in [0.25, 0.3) is 0 Å². The van der Waals surface area contributed by atoms with E-state index in [-0.39, 0.29) is 73.1 Å². The van der Waals surface area contributed by atoms with Crippen molar-refractivity contribution in [2.24, 2.45) is 34.4 Å². The van der Waals surface area contributed by atoms with Gasteiger partial charge in [-0.2, -0.15) is 0 Å². The molecule has 6 bridgehead atoms. The molecular formula is C43H59N5O16S4. The molecule has 2 fully saturated rings. The fraction of sp³-hybridized carbons (Fsp3) is 0.651. The molecule has 0 aromatic rings. The van der Waals surface area contributed by atoms with Crippen molar-refractivity contribution in [3.8, 4) is 11.8 Å². The number of allylic oxidation sites excluding steroid dienone is 1. The van der Waals surface area contributed by atoms with Gasteiger partial charge in [-0.15, -0.1) is 0 Å². The number of fused-ring (bicyclic) bond motifs is 3. The predicted molar refractivity (Wildman–Crippen MR) is 252 cm³/mol. The lowest BCUT2D eigenvalue weighted by molar-refractivity contribution is -0.416. The molecule has 1 saturated carbocycles. The predicted octanol–water partition coefficient (Wildman–Crippen LogP) is -1.70. The molecular weight excluding hydrogens is 971 g/mol. The largest absolute Gasteiger partial charge is 0.478 e. The summed E-state index contributed by atoms with van der Waals surface area (Å²) in [6.45, 7) is -2.03. The number of ether oxygens (including phenoxy) is 5. The van der Waals surface area contributed by atoms with Crippen molar-refractivity contribution >= 4 is 61.1 Å². The number of nitrogens with two attached hydrogens (primary N) is 1. The molecule has 21 nitrogen and oxygen atoms in total. The lowest BCUT2D eigenvalue weighted by Gasteiger charge is -2.48. The van der Waals surface area contributed by atoms with Crippen molar-refractivity contribution in [1.82, 2.24) is 15.5 Å². The van der Waals surface area contributed by atoms with E-state index in [0.717, 1.165) is 0 Å². The molecule has 14 unspecified atom stereocenters. The molecule has 13 N–H and O–H groups in total. The van der Waals surface area contributed by atoms with Crippen LogP contribution in [0.15, 0.2) is 63.7 Å². The minimum absolute atomic E-state index is 0.000322. The highest BCUT2D eigenvalue weighted by Gasteiger charge is 2.58. The highest BCUT2D eigenvalue weighted by atomic mass is 33.1. The third-order valence-electron chi connectivity index (χ3n) is 12.8. The average Bonchev–Trinajstić information content (AvgIpc) is 3.69. The molecule has 7 rings (SSSR count). The number of carbonyl (C=O) groups is 2.